The van der Waals surface area contributed by atoms with E-state index in [1.54, 1.807) is 0 Å². The molecule has 96 valence electrons. The van der Waals surface area contributed by atoms with Gasteiger partial charge in [0.15, 0.2) is 0 Å². The lowest BCUT2D eigenvalue weighted by atomic mass is 9.98. The van der Waals surface area contributed by atoms with Gasteiger partial charge in [0.25, 0.3) is 0 Å². The van der Waals surface area contributed by atoms with Gasteiger partial charge in [0, 0.05) is 10.7 Å². The molecule has 0 amide bonds. The van der Waals surface area contributed by atoms with E-state index >= 15 is 0 Å². The fourth-order valence-corrected chi connectivity index (χ4v) is 2.40. The Hall–Kier alpha value is -1.25. The van der Waals surface area contributed by atoms with Crippen LogP contribution in [-0.4, -0.2) is 10.1 Å². The molecule has 0 aliphatic carbocycles. The normalized spacial score (nSPS) is 12.8. The quantitative estimate of drug-likeness (QED) is 0.845. The highest BCUT2D eigenvalue weighted by Crippen LogP contribution is 2.31. The maximum absolute atomic E-state index is 10.5. The Morgan fingerprint density at radius 3 is 2.28 bits per heavy atom. The predicted octanol–water partition coefficient (Wildman–Crippen LogP) is 3.98. The molecule has 2 rings (SSSR count). The Balaban J connectivity index is 2.51. The summed E-state index contributed by atoms with van der Waals surface area (Å²) in [5, 5.41) is 11.2. The van der Waals surface area contributed by atoms with Crippen molar-refractivity contribution in [2.24, 2.45) is 0 Å². The van der Waals surface area contributed by atoms with Crippen molar-refractivity contribution in [3.63, 3.8) is 0 Å². The second-order valence-corrected chi connectivity index (χ2v) is 5.18. The van der Waals surface area contributed by atoms with Gasteiger partial charge in [-0.25, -0.2) is 0 Å². The molecule has 2 aromatic rings. The standard InChI is InChI=1S/C15H18ClNO/c1-8-9(2)14(17-11(8)4)15(18)12-6-5-7-13(16)10(12)3/h5-7,15,17-18H,1-4H3. The van der Waals surface area contributed by atoms with Crippen LogP contribution in [0.4, 0.5) is 0 Å². The highest BCUT2D eigenvalue weighted by molar-refractivity contribution is 6.31. The lowest BCUT2D eigenvalue weighted by molar-refractivity contribution is 0.214. The predicted molar refractivity (Wildman–Crippen MR) is 75.3 cm³/mol. The minimum Gasteiger partial charge on any atom is -0.382 e. The molecule has 0 bridgehead atoms. The molecular weight excluding hydrogens is 246 g/mol. The van der Waals surface area contributed by atoms with Crippen LogP contribution < -0.4 is 0 Å². The molecule has 0 radical (unpaired) electrons. The molecule has 0 fully saturated rings. The van der Waals surface area contributed by atoms with Gasteiger partial charge in [-0.05, 0) is 56.0 Å². The molecule has 1 atom stereocenters. The van der Waals surface area contributed by atoms with E-state index in [-0.39, 0.29) is 0 Å². The smallest absolute Gasteiger partial charge is 0.119 e. The summed E-state index contributed by atoms with van der Waals surface area (Å²) in [6.07, 6.45) is -0.656. The number of rotatable bonds is 2. The summed E-state index contributed by atoms with van der Waals surface area (Å²) in [5.41, 5.74) is 6.04. The number of H-pyrrole nitrogens is 1. The number of hydrogen-bond acceptors (Lipinski definition) is 1. The first-order chi connectivity index (χ1) is 8.43. The Labute approximate surface area is 113 Å². The van der Waals surface area contributed by atoms with Crippen molar-refractivity contribution < 1.29 is 5.11 Å². The lowest BCUT2D eigenvalue weighted by Crippen LogP contribution is -2.04. The molecule has 1 aromatic carbocycles. The maximum Gasteiger partial charge on any atom is 0.119 e. The molecule has 0 aliphatic rings. The summed E-state index contributed by atoms with van der Waals surface area (Å²) >= 11 is 6.10. The first-order valence-electron chi connectivity index (χ1n) is 6.02. The van der Waals surface area contributed by atoms with Gasteiger partial charge in [-0.15, -0.1) is 0 Å². The Morgan fingerprint density at radius 2 is 1.72 bits per heavy atom. The van der Waals surface area contributed by atoms with Gasteiger partial charge in [0.2, 0.25) is 0 Å². The van der Waals surface area contributed by atoms with Crippen LogP contribution in [0.3, 0.4) is 0 Å². The fraction of sp³-hybridized carbons (Fsp3) is 0.333. The van der Waals surface area contributed by atoms with E-state index in [9.17, 15) is 5.11 Å². The number of aliphatic hydroxyl groups is 1. The number of aromatic nitrogens is 1. The zero-order valence-corrected chi connectivity index (χ0v) is 11.9. The van der Waals surface area contributed by atoms with Gasteiger partial charge < -0.3 is 10.1 Å². The van der Waals surface area contributed by atoms with Crippen LogP contribution in [0, 0.1) is 27.7 Å². The zero-order chi connectivity index (χ0) is 13.4. The van der Waals surface area contributed by atoms with E-state index in [1.807, 2.05) is 39.0 Å². The summed E-state index contributed by atoms with van der Waals surface area (Å²) in [5.74, 6) is 0. The van der Waals surface area contributed by atoms with E-state index in [0.29, 0.717) is 5.02 Å². The van der Waals surface area contributed by atoms with Crippen LogP contribution in [0.2, 0.25) is 5.02 Å². The van der Waals surface area contributed by atoms with Gasteiger partial charge in [0.1, 0.15) is 6.10 Å². The third-order valence-corrected chi connectivity index (χ3v) is 4.14. The van der Waals surface area contributed by atoms with Crippen LogP contribution in [-0.2, 0) is 0 Å². The molecule has 3 heteroatoms. The number of aliphatic hydroxyl groups excluding tert-OH is 1. The minimum absolute atomic E-state index is 0.656. The largest absolute Gasteiger partial charge is 0.382 e. The van der Waals surface area contributed by atoms with Crippen LogP contribution in [0.25, 0.3) is 0 Å². The van der Waals surface area contributed by atoms with E-state index < -0.39 is 6.10 Å². The number of halogens is 1. The molecule has 2 N–H and O–H groups in total. The Bertz CT molecular complexity index is 586. The van der Waals surface area contributed by atoms with Gasteiger partial charge >= 0.3 is 0 Å². The molecule has 1 unspecified atom stereocenters. The van der Waals surface area contributed by atoms with Crippen molar-refractivity contribution in [2.75, 3.05) is 0 Å². The highest BCUT2D eigenvalue weighted by atomic mass is 35.5. The first-order valence-corrected chi connectivity index (χ1v) is 6.40. The summed E-state index contributed by atoms with van der Waals surface area (Å²) < 4.78 is 0. The topological polar surface area (TPSA) is 36.0 Å². The lowest BCUT2D eigenvalue weighted by Gasteiger charge is -2.14. The molecule has 0 spiro atoms. The first kappa shape index (κ1) is 13.2. The maximum atomic E-state index is 10.5. The molecule has 1 aromatic heterocycles. The van der Waals surface area contributed by atoms with Crippen molar-refractivity contribution >= 4 is 11.6 Å². The molecule has 1 heterocycles. The summed E-state index contributed by atoms with van der Waals surface area (Å²) in [4.78, 5) is 3.26. The van der Waals surface area contributed by atoms with Gasteiger partial charge in [-0.2, -0.15) is 0 Å². The van der Waals surface area contributed by atoms with Crippen molar-refractivity contribution in [1.29, 1.82) is 0 Å². The van der Waals surface area contributed by atoms with Crippen LogP contribution in [0.15, 0.2) is 18.2 Å². The Kier molecular flexibility index (Phi) is 3.51. The van der Waals surface area contributed by atoms with Crippen LogP contribution in [0.1, 0.15) is 39.7 Å². The molecule has 0 saturated heterocycles. The zero-order valence-electron chi connectivity index (χ0n) is 11.1. The Morgan fingerprint density at radius 1 is 1.06 bits per heavy atom. The number of aromatic amines is 1. The van der Waals surface area contributed by atoms with Gasteiger partial charge in [-0.1, -0.05) is 23.7 Å². The van der Waals surface area contributed by atoms with Crippen molar-refractivity contribution in [3.8, 4) is 0 Å². The van der Waals surface area contributed by atoms with Crippen LogP contribution in [0.5, 0.6) is 0 Å². The van der Waals surface area contributed by atoms with Gasteiger partial charge in [-0.3, -0.25) is 0 Å². The fourth-order valence-electron chi connectivity index (χ4n) is 2.22. The number of hydrogen-bond donors (Lipinski definition) is 2. The average molecular weight is 264 g/mol. The highest BCUT2D eigenvalue weighted by Gasteiger charge is 2.19. The summed E-state index contributed by atoms with van der Waals surface area (Å²) in [7, 11) is 0. The second kappa shape index (κ2) is 4.79. The van der Waals surface area contributed by atoms with E-state index in [2.05, 4.69) is 11.9 Å². The van der Waals surface area contributed by atoms with Gasteiger partial charge in [0.05, 0.1) is 5.69 Å². The average Bonchev–Trinajstić information content (AvgIpc) is 2.60. The van der Waals surface area contributed by atoms with E-state index in [1.165, 1.54) is 5.56 Å². The molecule has 2 nitrogen and oxygen atoms in total. The molecule has 18 heavy (non-hydrogen) atoms. The van der Waals surface area contributed by atoms with Crippen molar-refractivity contribution in [3.05, 3.63) is 56.9 Å². The number of benzene rings is 1. The number of aryl methyl sites for hydroxylation is 1. The van der Waals surface area contributed by atoms with E-state index in [0.717, 1.165) is 28.1 Å². The second-order valence-electron chi connectivity index (χ2n) is 4.77. The molecule has 0 saturated carbocycles. The van der Waals surface area contributed by atoms with Crippen molar-refractivity contribution in [1.82, 2.24) is 4.98 Å². The summed E-state index contributed by atoms with van der Waals surface area (Å²) in [6, 6.07) is 5.62. The van der Waals surface area contributed by atoms with Crippen LogP contribution >= 0.6 is 11.6 Å². The molecule has 0 aliphatic heterocycles. The minimum atomic E-state index is -0.656. The molecular formula is C15H18ClNO. The SMILES string of the molecule is Cc1[nH]c(C(O)c2cccc(Cl)c2C)c(C)c1C. The third-order valence-electron chi connectivity index (χ3n) is 3.73. The van der Waals surface area contributed by atoms with Crippen molar-refractivity contribution in [2.45, 2.75) is 33.8 Å². The van der Waals surface area contributed by atoms with E-state index in [4.69, 9.17) is 11.6 Å². The monoisotopic (exact) mass is 263 g/mol. The number of nitrogens with one attached hydrogen (secondary N) is 1. The third kappa shape index (κ3) is 2.06. The summed E-state index contributed by atoms with van der Waals surface area (Å²) in [6.45, 7) is 8.03.